The molecule has 0 aliphatic carbocycles. The zero-order valence-electron chi connectivity index (χ0n) is 15.7. The number of carbonyl (C=O) groups is 1. The summed E-state index contributed by atoms with van der Waals surface area (Å²) < 4.78 is 2.20. The van der Waals surface area contributed by atoms with Crippen LogP contribution in [0.25, 0.3) is 0 Å². The van der Waals surface area contributed by atoms with Crippen LogP contribution in [-0.2, 0) is 11.3 Å². The Labute approximate surface area is 155 Å². The lowest BCUT2D eigenvalue weighted by atomic mass is 9.73. The van der Waals surface area contributed by atoms with E-state index in [0.717, 1.165) is 44.8 Å². The monoisotopic (exact) mass is 352 g/mol. The molecule has 3 heterocycles. The van der Waals surface area contributed by atoms with E-state index in [1.807, 2.05) is 18.5 Å². The first-order chi connectivity index (χ1) is 12.6. The van der Waals surface area contributed by atoms with Crippen LogP contribution in [-0.4, -0.2) is 40.0 Å². The van der Waals surface area contributed by atoms with Gasteiger partial charge in [-0.3, -0.25) is 4.79 Å². The summed E-state index contributed by atoms with van der Waals surface area (Å²) in [5, 5.41) is 3.35. The van der Waals surface area contributed by atoms with Gasteiger partial charge >= 0.3 is 0 Å². The van der Waals surface area contributed by atoms with Crippen molar-refractivity contribution in [1.82, 2.24) is 19.8 Å². The molecule has 1 atom stereocenters. The summed E-state index contributed by atoms with van der Waals surface area (Å²) in [7, 11) is 0. The predicted octanol–water partition coefficient (Wildman–Crippen LogP) is 2.84. The number of amides is 1. The van der Waals surface area contributed by atoms with Gasteiger partial charge in [0.15, 0.2) is 0 Å². The van der Waals surface area contributed by atoms with E-state index in [1.165, 1.54) is 5.56 Å². The highest BCUT2D eigenvalue weighted by molar-refractivity contribution is 5.80. The van der Waals surface area contributed by atoms with Crippen LogP contribution in [0.15, 0.2) is 42.7 Å². The Morgan fingerprint density at radius 2 is 1.96 bits per heavy atom. The lowest BCUT2D eigenvalue weighted by Crippen LogP contribution is -2.60. The van der Waals surface area contributed by atoms with E-state index in [1.54, 1.807) is 0 Å². The Kier molecular flexibility index (Phi) is 4.57. The average molecular weight is 352 g/mol. The highest BCUT2D eigenvalue weighted by Gasteiger charge is 2.51. The van der Waals surface area contributed by atoms with Crippen molar-refractivity contribution >= 4 is 5.91 Å². The summed E-state index contributed by atoms with van der Waals surface area (Å²) in [6.45, 7) is 7.98. The number of hydrogen-bond donors (Lipinski definition) is 1. The maximum Gasteiger partial charge on any atom is 0.226 e. The second kappa shape index (κ2) is 6.88. The molecule has 0 radical (unpaired) electrons. The lowest BCUT2D eigenvalue weighted by molar-refractivity contribution is -0.158. The summed E-state index contributed by atoms with van der Waals surface area (Å²) in [6.07, 6.45) is 5.78. The second-order valence-corrected chi connectivity index (χ2v) is 8.28. The Balaban J connectivity index is 1.57. The first-order valence-corrected chi connectivity index (χ1v) is 9.62. The molecule has 5 heteroatoms. The number of piperidine rings is 1. The number of nitrogens with one attached hydrogen (secondary N) is 1. The van der Waals surface area contributed by atoms with Crippen molar-refractivity contribution in [3.63, 3.8) is 0 Å². The molecule has 2 fully saturated rings. The fraction of sp³-hybridized carbons (Fsp3) is 0.524. The van der Waals surface area contributed by atoms with E-state index in [9.17, 15) is 4.79 Å². The second-order valence-electron chi connectivity index (χ2n) is 8.28. The third-order valence-corrected chi connectivity index (χ3v) is 5.79. The number of carbonyl (C=O) groups excluding carboxylic acids is 1. The van der Waals surface area contributed by atoms with Gasteiger partial charge < -0.3 is 14.8 Å². The quantitative estimate of drug-likeness (QED) is 0.920. The molecule has 0 saturated carbocycles. The third-order valence-electron chi connectivity index (χ3n) is 5.79. The minimum absolute atomic E-state index is 0.0579. The van der Waals surface area contributed by atoms with Gasteiger partial charge in [0.2, 0.25) is 5.91 Å². The summed E-state index contributed by atoms with van der Waals surface area (Å²) in [5.74, 6) is 1.48. The molecule has 1 aromatic heterocycles. The molecular formula is C21H28N4O. The Morgan fingerprint density at radius 1 is 1.23 bits per heavy atom. The number of likely N-dealkylation sites (tertiary alicyclic amines) is 1. The lowest BCUT2D eigenvalue weighted by Gasteiger charge is -2.54. The number of imidazole rings is 1. The third kappa shape index (κ3) is 3.16. The molecule has 138 valence electrons. The highest BCUT2D eigenvalue weighted by Crippen LogP contribution is 2.48. The number of benzene rings is 1. The number of aromatic nitrogens is 2. The van der Waals surface area contributed by atoms with Gasteiger partial charge in [-0.25, -0.2) is 4.98 Å². The fourth-order valence-corrected chi connectivity index (χ4v) is 4.41. The van der Waals surface area contributed by atoms with Gasteiger partial charge in [-0.1, -0.05) is 44.2 Å². The van der Waals surface area contributed by atoms with Crippen LogP contribution < -0.4 is 5.32 Å². The number of rotatable bonds is 4. The van der Waals surface area contributed by atoms with Crippen LogP contribution in [0.2, 0.25) is 0 Å². The van der Waals surface area contributed by atoms with Crippen molar-refractivity contribution in [2.75, 3.05) is 19.6 Å². The van der Waals surface area contributed by atoms with Gasteiger partial charge in [0, 0.05) is 36.8 Å². The van der Waals surface area contributed by atoms with E-state index in [4.69, 9.17) is 0 Å². The van der Waals surface area contributed by atoms with Crippen molar-refractivity contribution in [3.8, 4) is 0 Å². The van der Waals surface area contributed by atoms with Crippen LogP contribution in [0.3, 0.4) is 0 Å². The van der Waals surface area contributed by atoms with Gasteiger partial charge in [0.1, 0.15) is 5.82 Å². The average Bonchev–Trinajstić information content (AvgIpc) is 3.08. The zero-order valence-corrected chi connectivity index (χ0v) is 15.7. The first kappa shape index (κ1) is 17.3. The molecule has 0 spiro atoms. The van der Waals surface area contributed by atoms with Crippen LogP contribution in [0.4, 0.5) is 0 Å². The molecule has 1 unspecified atom stereocenters. The van der Waals surface area contributed by atoms with E-state index in [-0.39, 0.29) is 17.4 Å². The van der Waals surface area contributed by atoms with Crippen molar-refractivity contribution in [1.29, 1.82) is 0 Å². The SMILES string of the molecule is CC1(C)CN(C(=O)C2CCNCC2)C1c1nccn1Cc1ccccc1. The molecule has 2 aliphatic rings. The topological polar surface area (TPSA) is 50.2 Å². The van der Waals surface area contributed by atoms with Crippen LogP contribution >= 0.6 is 0 Å². The molecule has 2 aromatic rings. The minimum Gasteiger partial charge on any atom is -0.331 e. The maximum atomic E-state index is 13.1. The summed E-state index contributed by atoms with van der Waals surface area (Å²) in [4.78, 5) is 19.8. The van der Waals surface area contributed by atoms with Crippen LogP contribution in [0.5, 0.6) is 0 Å². The van der Waals surface area contributed by atoms with Crippen molar-refractivity contribution < 1.29 is 4.79 Å². The van der Waals surface area contributed by atoms with Crippen LogP contribution in [0, 0.1) is 11.3 Å². The summed E-state index contributed by atoms with van der Waals surface area (Å²) >= 11 is 0. The van der Waals surface area contributed by atoms with Crippen molar-refractivity contribution in [2.24, 2.45) is 11.3 Å². The first-order valence-electron chi connectivity index (χ1n) is 9.62. The predicted molar refractivity (Wildman–Crippen MR) is 102 cm³/mol. The molecule has 4 rings (SSSR count). The van der Waals surface area contributed by atoms with Gasteiger partial charge in [-0.15, -0.1) is 0 Å². The molecule has 1 amide bonds. The van der Waals surface area contributed by atoms with Crippen molar-refractivity contribution in [3.05, 3.63) is 54.1 Å². The van der Waals surface area contributed by atoms with Gasteiger partial charge in [0.25, 0.3) is 0 Å². The minimum atomic E-state index is 0.0579. The Bertz CT molecular complexity index is 761. The van der Waals surface area contributed by atoms with E-state index in [0.29, 0.717) is 5.91 Å². The fourth-order valence-electron chi connectivity index (χ4n) is 4.41. The van der Waals surface area contributed by atoms with Crippen molar-refractivity contribution in [2.45, 2.75) is 39.3 Å². The van der Waals surface area contributed by atoms with Gasteiger partial charge in [-0.05, 0) is 31.5 Å². The molecule has 26 heavy (non-hydrogen) atoms. The van der Waals surface area contributed by atoms with Gasteiger partial charge in [-0.2, -0.15) is 0 Å². The van der Waals surface area contributed by atoms with Gasteiger partial charge in [0.05, 0.1) is 6.04 Å². The largest absolute Gasteiger partial charge is 0.331 e. The molecule has 1 aromatic carbocycles. The number of hydrogen-bond acceptors (Lipinski definition) is 3. The van der Waals surface area contributed by atoms with E-state index in [2.05, 4.69) is 57.9 Å². The standard InChI is InChI=1S/C21H28N4O/c1-21(2)15-25(20(26)17-8-10-22-11-9-17)18(21)19-23-12-13-24(19)14-16-6-4-3-5-7-16/h3-7,12-13,17-18,22H,8-11,14-15H2,1-2H3. The molecule has 2 saturated heterocycles. The van der Waals surface area contributed by atoms with Crippen LogP contribution in [0.1, 0.15) is 44.1 Å². The molecule has 0 bridgehead atoms. The maximum absolute atomic E-state index is 13.1. The zero-order chi connectivity index (χ0) is 18.1. The molecule has 1 N–H and O–H groups in total. The normalized spacial score (nSPS) is 22.8. The molecule has 5 nitrogen and oxygen atoms in total. The highest BCUT2D eigenvalue weighted by atomic mass is 16.2. The molecular weight excluding hydrogens is 324 g/mol. The number of nitrogens with zero attached hydrogens (tertiary/aromatic N) is 3. The van der Waals surface area contributed by atoms with E-state index < -0.39 is 0 Å². The molecule has 2 aliphatic heterocycles. The smallest absolute Gasteiger partial charge is 0.226 e. The van der Waals surface area contributed by atoms with E-state index >= 15 is 0 Å². The summed E-state index contributed by atoms with van der Waals surface area (Å²) in [5.41, 5.74) is 1.31. The summed E-state index contributed by atoms with van der Waals surface area (Å²) in [6, 6.07) is 10.5. The Morgan fingerprint density at radius 3 is 2.65 bits per heavy atom. The Hall–Kier alpha value is -2.14.